The van der Waals surface area contributed by atoms with Crippen LogP contribution in [0, 0.1) is 0 Å². The van der Waals surface area contributed by atoms with Crippen molar-refractivity contribution in [2.75, 3.05) is 7.11 Å². The minimum absolute atomic E-state index is 0.213. The van der Waals surface area contributed by atoms with Crippen LogP contribution < -0.4 is 10.5 Å². The summed E-state index contributed by atoms with van der Waals surface area (Å²) >= 11 is 0. The molecule has 2 rings (SSSR count). The molecule has 0 saturated heterocycles. The van der Waals surface area contributed by atoms with E-state index in [4.69, 9.17) is 10.5 Å². The first-order valence-corrected chi connectivity index (χ1v) is 5.78. The Bertz CT molecular complexity index is 508. The molecule has 0 aliphatic carbocycles. The van der Waals surface area contributed by atoms with E-state index in [1.807, 2.05) is 24.6 Å². The van der Waals surface area contributed by atoms with Crippen LogP contribution in [0.1, 0.15) is 37.2 Å². The maximum Gasteiger partial charge on any atom is 0.161 e. The smallest absolute Gasteiger partial charge is 0.161 e. The summed E-state index contributed by atoms with van der Waals surface area (Å²) in [6.45, 7) is 4.10. The molecule has 0 amide bonds. The molecule has 2 heterocycles. The summed E-state index contributed by atoms with van der Waals surface area (Å²) in [5.74, 6) is 0.688. The predicted molar refractivity (Wildman–Crippen MR) is 67.2 cm³/mol. The molecule has 0 saturated carbocycles. The molecular formula is C12H17N5O. The van der Waals surface area contributed by atoms with Crippen molar-refractivity contribution >= 4 is 0 Å². The lowest BCUT2D eigenvalue weighted by molar-refractivity contribution is 0.401. The third-order valence-corrected chi connectivity index (χ3v) is 2.77. The molecule has 18 heavy (non-hydrogen) atoms. The van der Waals surface area contributed by atoms with Gasteiger partial charge in [0.15, 0.2) is 5.75 Å². The van der Waals surface area contributed by atoms with Crippen molar-refractivity contribution in [2.45, 2.75) is 25.9 Å². The largest absolute Gasteiger partial charge is 0.493 e. The Morgan fingerprint density at radius 1 is 1.28 bits per heavy atom. The van der Waals surface area contributed by atoms with Crippen molar-refractivity contribution in [3.8, 4) is 5.75 Å². The highest BCUT2D eigenvalue weighted by Gasteiger charge is 2.21. The van der Waals surface area contributed by atoms with Crippen LogP contribution in [-0.4, -0.2) is 27.1 Å². The number of rotatable bonds is 4. The molecule has 0 spiro atoms. The minimum Gasteiger partial charge on any atom is -0.493 e. The number of ether oxygens (including phenoxy) is 1. The van der Waals surface area contributed by atoms with E-state index in [2.05, 4.69) is 15.3 Å². The second kappa shape index (κ2) is 5.14. The summed E-state index contributed by atoms with van der Waals surface area (Å²) in [4.78, 5) is 0. The van der Waals surface area contributed by atoms with Gasteiger partial charge < -0.3 is 10.5 Å². The summed E-state index contributed by atoms with van der Waals surface area (Å²) in [6.07, 6.45) is 4.96. The Hall–Kier alpha value is -1.95. The highest BCUT2D eigenvalue weighted by atomic mass is 16.5. The van der Waals surface area contributed by atoms with E-state index in [0.29, 0.717) is 5.75 Å². The van der Waals surface area contributed by atoms with Crippen LogP contribution in [0.15, 0.2) is 24.7 Å². The quantitative estimate of drug-likeness (QED) is 0.881. The van der Waals surface area contributed by atoms with Crippen molar-refractivity contribution in [1.82, 2.24) is 20.0 Å². The fraction of sp³-hybridized carbons (Fsp3) is 0.417. The van der Waals surface area contributed by atoms with Crippen molar-refractivity contribution in [2.24, 2.45) is 5.73 Å². The van der Waals surface area contributed by atoms with E-state index in [1.54, 1.807) is 25.7 Å². The molecule has 1 atom stereocenters. The third kappa shape index (κ3) is 2.19. The van der Waals surface area contributed by atoms with Gasteiger partial charge in [-0.3, -0.25) is 4.68 Å². The van der Waals surface area contributed by atoms with E-state index < -0.39 is 0 Å². The molecule has 2 aromatic rings. The fourth-order valence-corrected chi connectivity index (χ4v) is 1.86. The number of hydrogen-bond donors (Lipinski definition) is 1. The lowest BCUT2D eigenvalue weighted by atomic mass is 10.1. The summed E-state index contributed by atoms with van der Waals surface area (Å²) in [5, 5.41) is 11.9. The lowest BCUT2D eigenvalue weighted by Gasteiger charge is -2.17. The van der Waals surface area contributed by atoms with Crippen molar-refractivity contribution < 1.29 is 4.74 Å². The van der Waals surface area contributed by atoms with Crippen LogP contribution in [0.2, 0.25) is 0 Å². The van der Waals surface area contributed by atoms with Crippen LogP contribution >= 0.6 is 0 Å². The van der Waals surface area contributed by atoms with Gasteiger partial charge in [0, 0.05) is 12.2 Å². The highest BCUT2D eigenvalue weighted by molar-refractivity contribution is 5.34. The number of methoxy groups -OCH3 is 1. The average Bonchev–Trinajstić information content (AvgIpc) is 2.82. The van der Waals surface area contributed by atoms with Gasteiger partial charge in [-0.1, -0.05) is 0 Å². The molecule has 1 unspecified atom stereocenters. The second-order valence-electron chi connectivity index (χ2n) is 4.29. The van der Waals surface area contributed by atoms with Crippen LogP contribution in [0.3, 0.4) is 0 Å². The van der Waals surface area contributed by atoms with Gasteiger partial charge in [0.25, 0.3) is 0 Å². The fourth-order valence-electron chi connectivity index (χ4n) is 1.86. The molecule has 96 valence electrons. The van der Waals surface area contributed by atoms with Gasteiger partial charge in [-0.25, -0.2) is 0 Å². The molecular weight excluding hydrogens is 230 g/mol. The van der Waals surface area contributed by atoms with Gasteiger partial charge in [0.1, 0.15) is 5.69 Å². The van der Waals surface area contributed by atoms with Crippen molar-refractivity contribution in [3.05, 3.63) is 35.9 Å². The van der Waals surface area contributed by atoms with Crippen LogP contribution in [0.25, 0.3) is 0 Å². The Kier molecular flexibility index (Phi) is 3.57. The summed E-state index contributed by atoms with van der Waals surface area (Å²) < 4.78 is 7.18. The van der Waals surface area contributed by atoms with E-state index in [1.165, 1.54) is 0 Å². The van der Waals surface area contributed by atoms with Crippen LogP contribution in [-0.2, 0) is 0 Å². The van der Waals surface area contributed by atoms with E-state index in [9.17, 15) is 0 Å². The van der Waals surface area contributed by atoms with Gasteiger partial charge in [0.2, 0.25) is 0 Å². The number of hydrogen-bond acceptors (Lipinski definition) is 5. The number of nitrogens with zero attached hydrogens (tertiary/aromatic N) is 4. The maximum atomic E-state index is 6.27. The zero-order valence-electron chi connectivity index (χ0n) is 10.7. The highest BCUT2D eigenvalue weighted by Crippen LogP contribution is 2.29. The van der Waals surface area contributed by atoms with Crippen LogP contribution in [0.5, 0.6) is 5.75 Å². The summed E-state index contributed by atoms with van der Waals surface area (Å²) in [5.41, 5.74) is 8.00. The molecule has 0 aromatic carbocycles. The first-order chi connectivity index (χ1) is 8.65. The average molecular weight is 247 g/mol. The zero-order valence-corrected chi connectivity index (χ0v) is 10.7. The maximum absolute atomic E-state index is 6.27. The van der Waals surface area contributed by atoms with Gasteiger partial charge in [0.05, 0.1) is 25.5 Å². The molecule has 0 aliphatic heterocycles. The predicted octanol–water partition coefficient (Wildman–Crippen LogP) is 1.31. The zero-order chi connectivity index (χ0) is 13.1. The van der Waals surface area contributed by atoms with Gasteiger partial charge in [-0.15, -0.1) is 0 Å². The molecule has 2 aromatic heterocycles. The van der Waals surface area contributed by atoms with Gasteiger partial charge >= 0.3 is 0 Å². The minimum atomic E-state index is -0.333. The summed E-state index contributed by atoms with van der Waals surface area (Å²) in [6, 6.07) is 1.72. The second-order valence-corrected chi connectivity index (χ2v) is 4.29. The standard InChI is InChI=1S/C12H17N5O/c1-8(2)17-12(10(18-3)7-16-17)11(13)9-4-5-14-15-6-9/h4-8,11H,13H2,1-3H3. The number of nitrogens with two attached hydrogens (primary N) is 1. The van der Waals surface area contributed by atoms with Crippen molar-refractivity contribution in [1.29, 1.82) is 0 Å². The Morgan fingerprint density at radius 2 is 2.06 bits per heavy atom. The molecule has 2 N–H and O–H groups in total. The topological polar surface area (TPSA) is 78.9 Å². The Morgan fingerprint density at radius 3 is 2.61 bits per heavy atom. The van der Waals surface area contributed by atoms with Gasteiger partial charge in [-0.2, -0.15) is 15.3 Å². The van der Waals surface area contributed by atoms with E-state index >= 15 is 0 Å². The molecule has 6 nitrogen and oxygen atoms in total. The monoisotopic (exact) mass is 247 g/mol. The Balaban J connectivity index is 2.46. The number of aromatic nitrogens is 4. The normalized spacial score (nSPS) is 12.7. The molecule has 0 aliphatic rings. The molecule has 0 bridgehead atoms. The SMILES string of the molecule is COc1cnn(C(C)C)c1C(N)c1ccnnc1. The van der Waals surface area contributed by atoms with E-state index in [-0.39, 0.29) is 12.1 Å². The third-order valence-electron chi connectivity index (χ3n) is 2.77. The lowest BCUT2D eigenvalue weighted by Crippen LogP contribution is -2.19. The van der Waals surface area contributed by atoms with Crippen molar-refractivity contribution in [3.63, 3.8) is 0 Å². The molecule has 0 radical (unpaired) electrons. The Labute approximate surface area is 106 Å². The molecule has 6 heteroatoms. The first kappa shape index (κ1) is 12.5. The van der Waals surface area contributed by atoms with Gasteiger partial charge in [-0.05, 0) is 25.5 Å². The van der Waals surface area contributed by atoms with E-state index in [0.717, 1.165) is 11.3 Å². The first-order valence-electron chi connectivity index (χ1n) is 5.78. The molecule has 0 fully saturated rings. The summed E-state index contributed by atoms with van der Waals surface area (Å²) in [7, 11) is 1.61. The van der Waals surface area contributed by atoms with Crippen LogP contribution in [0.4, 0.5) is 0 Å².